The van der Waals surface area contributed by atoms with Crippen LogP contribution in [0.4, 0.5) is 10.5 Å². The van der Waals surface area contributed by atoms with Gasteiger partial charge in [0.2, 0.25) is 0 Å². The standard InChI is InChI=1S/C15H18N2O3/c1-3-20-14(18)10-12-8-9-17(15(19)16-12)13-6-4-11(2)5-7-13/h4-9,12H,3,10H2,1-2H3,(H,16,19). The van der Waals surface area contributed by atoms with Gasteiger partial charge in [0, 0.05) is 6.20 Å². The van der Waals surface area contributed by atoms with Gasteiger partial charge >= 0.3 is 12.0 Å². The van der Waals surface area contributed by atoms with Gasteiger partial charge in [-0.1, -0.05) is 17.7 Å². The van der Waals surface area contributed by atoms with Crippen molar-refractivity contribution in [2.24, 2.45) is 0 Å². The van der Waals surface area contributed by atoms with Gasteiger partial charge in [0.1, 0.15) is 0 Å². The van der Waals surface area contributed by atoms with Crippen LogP contribution < -0.4 is 10.2 Å². The Morgan fingerprint density at radius 3 is 2.65 bits per heavy atom. The maximum Gasteiger partial charge on any atom is 0.326 e. The molecule has 0 bridgehead atoms. The minimum atomic E-state index is -0.316. The van der Waals surface area contributed by atoms with Gasteiger partial charge in [-0.05, 0) is 32.1 Å². The molecule has 1 aromatic carbocycles. The maximum absolute atomic E-state index is 12.0. The fourth-order valence-corrected chi connectivity index (χ4v) is 1.96. The van der Waals surface area contributed by atoms with Crippen molar-refractivity contribution in [3.8, 4) is 0 Å². The van der Waals surface area contributed by atoms with Crippen LogP contribution in [-0.2, 0) is 9.53 Å². The molecule has 1 atom stereocenters. The van der Waals surface area contributed by atoms with Gasteiger partial charge in [0.05, 0.1) is 24.8 Å². The van der Waals surface area contributed by atoms with Crippen molar-refractivity contribution >= 4 is 17.7 Å². The molecule has 1 N–H and O–H groups in total. The van der Waals surface area contributed by atoms with E-state index in [2.05, 4.69) is 5.32 Å². The summed E-state index contributed by atoms with van der Waals surface area (Å²) >= 11 is 0. The van der Waals surface area contributed by atoms with E-state index < -0.39 is 0 Å². The lowest BCUT2D eigenvalue weighted by Crippen LogP contribution is -2.46. The van der Waals surface area contributed by atoms with E-state index in [1.807, 2.05) is 31.2 Å². The Bertz CT molecular complexity index is 522. The molecule has 2 rings (SSSR count). The molecule has 1 aromatic rings. The van der Waals surface area contributed by atoms with E-state index in [1.54, 1.807) is 19.2 Å². The average Bonchev–Trinajstić information content (AvgIpc) is 2.40. The third-order valence-corrected chi connectivity index (χ3v) is 3.00. The number of hydrogen-bond acceptors (Lipinski definition) is 3. The maximum atomic E-state index is 12.0. The zero-order valence-corrected chi connectivity index (χ0v) is 11.6. The van der Waals surface area contributed by atoms with Gasteiger partial charge in [0.25, 0.3) is 0 Å². The monoisotopic (exact) mass is 274 g/mol. The molecule has 2 amide bonds. The molecular weight excluding hydrogens is 256 g/mol. The van der Waals surface area contributed by atoms with E-state index in [9.17, 15) is 9.59 Å². The Morgan fingerprint density at radius 2 is 2.05 bits per heavy atom. The number of urea groups is 1. The second-order valence-electron chi connectivity index (χ2n) is 4.61. The van der Waals surface area contributed by atoms with Crippen molar-refractivity contribution in [3.63, 3.8) is 0 Å². The van der Waals surface area contributed by atoms with Crippen molar-refractivity contribution in [2.45, 2.75) is 26.3 Å². The summed E-state index contributed by atoms with van der Waals surface area (Å²) in [5, 5.41) is 2.77. The van der Waals surface area contributed by atoms with Crippen LogP contribution in [0.2, 0.25) is 0 Å². The summed E-state index contributed by atoms with van der Waals surface area (Å²) in [6.45, 7) is 4.09. The Labute approximate surface area is 118 Å². The molecule has 0 spiro atoms. The summed E-state index contributed by atoms with van der Waals surface area (Å²) in [7, 11) is 0. The largest absolute Gasteiger partial charge is 0.466 e. The Balaban J connectivity index is 2.04. The number of anilines is 1. The number of carbonyl (C=O) groups is 2. The van der Waals surface area contributed by atoms with Gasteiger partial charge in [-0.15, -0.1) is 0 Å². The van der Waals surface area contributed by atoms with Gasteiger partial charge in [-0.2, -0.15) is 0 Å². The molecule has 0 saturated carbocycles. The first-order chi connectivity index (χ1) is 9.60. The summed E-state index contributed by atoms with van der Waals surface area (Å²) in [6, 6.07) is 7.09. The van der Waals surface area contributed by atoms with Gasteiger partial charge in [-0.3, -0.25) is 9.69 Å². The molecule has 0 fully saturated rings. The number of carbonyl (C=O) groups excluding carboxylic acids is 2. The molecule has 1 heterocycles. The van der Waals surface area contributed by atoms with E-state index in [1.165, 1.54) is 4.90 Å². The smallest absolute Gasteiger partial charge is 0.326 e. The number of amides is 2. The summed E-state index contributed by atoms with van der Waals surface area (Å²) in [5.74, 6) is -0.314. The molecule has 1 unspecified atom stereocenters. The van der Waals surface area contributed by atoms with Gasteiger partial charge < -0.3 is 10.1 Å². The molecule has 5 heteroatoms. The molecular formula is C15H18N2O3. The molecule has 0 saturated heterocycles. The van der Waals surface area contributed by atoms with E-state index >= 15 is 0 Å². The van der Waals surface area contributed by atoms with Crippen molar-refractivity contribution in [3.05, 3.63) is 42.1 Å². The molecule has 5 nitrogen and oxygen atoms in total. The minimum Gasteiger partial charge on any atom is -0.466 e. The predicted octanol–water partition coefficient (Wildman–Crippen LogP) is 2.36. The lowest BCUT2D eigenvalue weighted by Gasteiger charge is -2.27. The molecule has 1 aliphatic rings. The van der Waals surface area contributed by atoms with E-state index in [-0.39, 0.29) is 24.5 Å². The first kappa shape index (κ1) is 14.1. The fraction of sp³-hybridized carbons (Fsp3) is 0.333. The summed E-state index contributed by atoms with van der Waals surface area (Å²) in [5.41, 5.74) is 1.93. The number of benzene rings is 1. The number of rotatable bonds is 4. The highest BCUT2D eigenvalue weighted by atomic mass is 16.5. The third-order valence-electron chi connectivity index (χ3n) is 3.00. The first-order valence-electron chi connectivity index (χ1n) is 6.60. The lowest BCUT2D eigenvalue weighted by atomic mass is 10.1. The average molecular weight is 274 g/mol. The molecule has 1 aliphatic heterocycles. The Kier molecular flexibility index (Phi) is 4.40. The zero-order valence-electron chi connectivity index (χ0n) is 11.6. The van der Waals surface area contributed by atoms with Crippen LogP contribution in [0.3, 0.4) is 0 Å². The molecule has 0 aromatic heterocycles. The summed E-state index contributed by atoms with van der Waals surface area (Å²) in [6.07, 6.45) is 3.63. The second kappa shape index (κ2) is 6.23. The van der Waals surface area contributed by atoms with Crippen LogP contribution in [0.15, 0.2) is 36.5 Å². The second-order valence-corrected chi connectivity index (χ2v) is 4.61. The highest BCUT2D eigenvalue weighted by Gasteiger charge is 2.23. The van der Waals surface area contributed by atoms with Crippen LogP contribution in [0.1, 0.15) is 18.9 Å². The number of ether oxygens (including phenoxy) is 1. The normalized spacial score (nSPS) is 17.8. The zero-order chi connectivity index (χ0) is 14.5. The number of nitrogens with one attached hydrogen (secondary N) is 1. The van der Waals surface area contributed by atoms with Crippen molar-refractivity contribution in [1.82, 2.24) is 5.32 Å². The van der Waals surface area contributed by atoms with Crippen LogP contribution in [-0.4, -0.2) is 24.6 Å². The van der Waals surface area contributed by atoms with Gasteiger partial charge in [-0.25, -0.2) is 4.79 Å². The number of hydrogen-bond donors (Lipinski definition) is 1. The van der Waals surface area contributed by atoms with Crippen LogP contribution in [0, 0.1) is 6.92 Å². The predicted molar refractivity (Wildman–Crippen MR) is 76.4 cm³/mol. The number of nitrogens with zero attached hydrogens (tertiary/aromatic N) is 1. The topological polar surface area (TPSA) is 58.6 Å². The Morgan fingerprint density at radius 1 is 1.35 bits per heavy atom. The van der Waals surface area contributed by atoms with Gasteiger partial charge in [0.15, 0.2) is 0 Å². The van der Waals surface area contributed by atoms with Crippen LogP contribution >= 0.6 is 0 Å². The van der Waals surface area contributed by atoms with E-state index in [4.69, 9.17) is 4.74 Å². The van der Waals surface area contributed by atoms with E-state index in [0.29, 0.717) is 6.61 Å². The molecule has 106 valence electrons. The third kappa shape index (κ3) is 3.38. The number of aryl methyl sites for hydroxylation is 1. The summed E-state index contributed by atoms with van der Waals surface area (Å²) in [4.78, 5) is 24.9. The molecule has 0 aliphatic carbocycles. The Hall–Kier alpha value is -2.30. The number of esters is 1. The van der Waals surface area contributed by atoms with E-state index in [0.717, 1.165) is 11.3 Å². The SMILES string of the molecule is CCOC(=O)CC1C=CN(c2ccc(C)cc2)C(=O)N1. The minimum absolute atomic E-state index is 0.151. The van der Waals surface area contributed by atoms with Crippen molar-refractivity contribution in [1.29, 1.82) is 0 Å². The molecule has 20 heavy (non-hydrogen) atoms. The van der Waals surface area contributed by atoms with Crippen molar-refractivity contribution in [2.75, 3.05) is 11.5 Å². The van der Waals surface area contributed by atoms with Crippen LogP contribution in [0.5, 0.6) is 0 Å². The highest BCUT2D eigenvalue weighted by molar-refractivity contribution is 5.95. The summed E-state index contributed by atoms with van der Waals surface area (Å²) < 4.78 is 4.87. The first-order valence-corrected chi connectivity index (χ1v) is 6.60. The quantitative estimate of drug-likeness (QED) is 0.857. The lowest BCUT2D eigenvalue weighted by molar-refractivity contribution is -0.143. The molecule has 0 radical (unpaired) electrons. The van der Waals surface area contributed by atoms with Crippen LogP contribution in [0.25, 0.3) is 0 Å². The fourth-order valence-electron chi connectivity index (χ4n) is 1.96. The van der Waals surface area contributed by atoms with Crippen molar-refractivity contribution < 1.29 is 14.3 Å². The highest BCUT2D eigenvalue weighted by Crippen LogP contribution is 2.18.